The first-order valence-corrected chi connectivity index (χ1v) is 7.30. The molecule has 0 aliphatic rings. The molecule has 7 heteroatoms. The van der Waals surface area contributed by atoms with Crippen LogP contribution >= 0.6 is 15.9 Å². The highest BCUT2D eigenvalue weighted by Gasteiger charge is 2.17. The molecule has 0 atom stereocenters. The number of nitrogens with zero attached hydrogens (tertiary/aromatic N) is 3. The smallest absolute Gasteiger partial charge is 0.341 e. The molecule has 1 N–H and O–H groups in total. The third kappa shape index (κ3) is 2.78. The number of pyridine rings is 1. The van der Waals surface area contributed by atoms with Crippen LogP contribution < -0.4 is 5.56 Å². The van der Waals surface area contributed by atoms with Gasteiger partial charge in [0.05, 0.1) is 22.4 Å². The summed E-state index contributed by atoms with van der Waals surface area (Å²) in [5, 5.41) is 13.4. The van der Waals surface area contributed by atoms with Gasteiger partial charge in [-0.3, -0.25) is 9.48 Å². The van der Waals surface area contributed by atoms with Gasteiger partial charge in [-0.15, -0.1) is 0 Å². The number of aromatic carboxylic acids is 1. The minimum atomic E-state index is -1.22. The van der Waals surface area contributed by atoms with E-state index in [0.29, 0.717) is 5.69 Å². The molecule has 2 rings (SSSR count). The number of aryl methyl sites for hydroxylation is 3. The van der Waals surface area contributed by atoms with Gasteiger partial charge in [0.1, 0.15) is 5.56 Å². The highest BCUT2D eigenvalue weighted by molar-refractivity contribution is 9.10. The zero-order valence-corrected chi connectivity index (χ0v) is 13.6. The average molecular weight is 354 g/mol. The molecular weight excluding hydrogens is 338 g/mol. The first-order valence-electron chi connectivity index (χ1n) is 6.50. The minimum Gasteiger partial charge on any atom is -0.477 e. The van der Waals surface area contributed by atoms with Gasteiger partial charge < -0.3 is 9.67 Å². The summed E-state index contributed by atoms with van der Waals surface area (Å²) in [5.41, 5.74) is 1.71. The van der Waals surface area contributed by atoms with Crippen molar-refractivity contribution >= 4 is 21.9 Å². The summed E-state index contributed by atoms with van der Waals surface area (Å²) in [5.74, 6) is -1.22. The van der Waals surface area contributed by atoms with Crippen molar-refractivity contribution in [2.24, 2.45) is 7.05 Å². The van der Waals surface area contributed by atoms with Gasteiger partial charge in [-0.25, -0.2) is 4.79 Å². The molecule has 6 nitrogen and oxygen atoms in total. The van der Waals surface area contributed by atoms with E-state index in [-0.39, 0.29) is 12.1 Å². The Kier molecular flexibility index (Phi) is 4.32. The van der Waals surface area contributed by atoms with Gasteiger partial charge in [-0.1, -0.05) is 6.92 Å². The third-order valence-corrected chi connectivity index (χ3v) is 4.35. The Morgan fingerprint density at radius 2 is 2.10 bits per heavy atom. The monoisotopic (exact) mass is 353 g/mol. The fraction of sp³-hybridized carbons (Fsp3) is 0.357. The quantitative estimate of drug-likeness (QED) is 0.911. The van der Waals surface area contributed by atoms with Gasteiger partial charge in [0.15, 0.2) is 0 Å². The van der Waals surface area contributed by atoms with Crippen LogP contribution in [0.1, 0.15) is 34.4 Å². The summed E-state index contributed by atoms with van der Waals surface area (Å²) < 4.78 is 4.02. The Balaban J connectivity index is 2.55. The number of carbonyl (C=O) groups is 1. The maximum absolute atomic E-state index is 12.3. The Bertz CT molecular complexity index is 762. The molecule has 0 saturated carbocycles. The molecule has 2 aromatic heterocycles. The second kappa shape index (κ2) is 5.85. The van der Waals surface area contributed by atoms with E-state index in [0.717, 1.165) is 22.3 Å². The first-order chi connectivity index (χ1) is 9.86. The zero-order valence-electron chi connectivity index (χ0n) is 12.1. The predicted molar refractivity (Wildman–Crippen MR) is 81.8 cm³/mol. The Morgan fingerprint density at radius 1 is 1.43 bits per heavy atom. The van der Waals surface area contributed by atoms with Crippen LogP contribution in [0.2, 0.25) is 0 Å². The minimum absolute atomic E-state index is 0.227. The van der Waals surface area contributed by atoms with Crippen molar-refractivity contribution in [1.29, 1.82) is 0 Å². The van der Waals surface area contributed by atoms with E-state index < -0.39 is 11.5 Å². The number of carboxylic acid groups (broad SMARTS) is 1. The number of aromatic nitrogens is 3. The van der Waals surface area contributed by atoms with E-state index in [4.69, 9.17) is 5.11 Å². The van der Waals surface area contributed by atoms with Crippen LogP contribution in [0.15, 0.2) is 21.4 Å². The molecule has 0 aromatic carbocycles. The average Bonchev–Trinajstić information content (AvgIpc) is 2.69. The molecule has 0 unspecified atom stereocenters. The van der Waals surface area contributed by atoms with Crippen molar-refractivity contribution in [3.05, 3.63) is 49.6 Å². The second-order valence-electron chi connectivity index (χ2n) is 4.77. The summed E-state index contributed by atoms with van der Waals surface area (Å²) in [7, 11) is 1.81. The van der Waals surface area contributed by atoms with Crippen molar-refractivity contribution in [2.45, 2.75) is 26.8 Å². The maximum atomic E-state index is 12.3. The molecule has 0 radical (unpaired) electrons. The molecule has 112 valence electrons. The second-order valence-corrected chi connectivity index (χ2v) is 5.56. The lowest BCUT2D eigenvalue weighted by Gasteiger charge is -2.11. The molecule has 0 amide bonds. The van der Waals surface area contributed by atoms with Gasteiger partial charge in [0.25, 0.3) is 5.56 Å². The van der Waals surface area contributed by atoms with Crippen LogP contribution in [0.4, 0.5) is 0 Å². The van der Waals surface area contributed by atoms with Crippen LogP contribution in [0.5, 0.6) is 0 Å². The molecule has 0 aliphatic carbocycles. The Labute approximate surface area is 130 Å². The van der Waals surface area contributed by atoms with E-state index in [1.165, 1.54) is 10.6 Å². The summed E-state index contributed by atoms with van der Waals surface area (Å²) >= 11 is 3.50. The fourth-order valence-electron chi connectivity index (χ4n) is 2.17. The number of hydrogen-bond donors (Lipinski definition) is 1. The van der Waals surface area contributed by atoms with Crippen LogP contribution in [0.25, 0.3) is 0 Å². The fourth-order valence-corrected chi connectivity index (χ4v) is 2.91. The van der Waals surface area contributed by atoms with Gasteiger partial charge in [0, 0.05) is 12.7 Å². The normalized spacial score (nSPS) is 10.9. The van der Waals surface area contributed by atoms with E-state index in [2.05, 4.69) is 21.0 Å². The zero-order chi connectivity index (χ0) is 15.7. The van der Waals surface area contributed by atoms with E-state index in [1.807, 2.05) is 6.92 Å². The summed E-state index contributed by atoms with van der Waals surface area (Å²) in [4.78, 5) is 23.4. The van der Waals surface area contributed by atoms with Crippen LogP contribution in [-0.2, 0) is 20.0 Å². The van der Waals surface area contributed by atoms with Crippen molar-refractivity contribution < 1.29 is 9.90 Å². The first kappa shape index (κ1) is 15.5. The number of rotatable bonds is 4. The Morgan fingerprint density at radius 3 is 2.62 bits per heavy atom. The van der Waals surface area contributed by atoms with E-state index in [1.54, 1.807) is 24.7 Å². The Hall–Kier alpha value is -1.89. The molecular formula is C14H16BrN3O3. The lowest BCUT2D eigenvalue weighted by atomic mass is 10.2. The highest BCUT2D eigenvalue weighted by Crippen LogP contribution is 2.22. The highest BCUT2D eigenvalue weighted by atomic mass is 79.9. The van der Waals surface area contributed by atoms with Crippen molar-refractivity contribution in [2.75, 3.05) is 0 Å². The van der Waals surface area contributed by atoms with Gasteiger partial charge in [-0.2, -0.15) is 5.10 Å². The maximum Gasteiger partial charge on any atom is 0.341 e. The summed E-state index contributed by atoms with van der Waals surface area (Å²) in [6, 6.07) is 2.97. The van der Waals surface area contributed by atoms with Crippen molar-refractivity contribution in [3.63, 3.8) is 0 Å². The van der Waals surface area contributed by atoms with Crippen molar-refractivity contribution in [1.82, 2.24) is 14.3 Å². The third-order valence-electron chi connectivity index (χ3n) is 3.43. The van der Waals surface area contributed by atoms with E-state index >= 15 is 0 Å². The van der Waals surface area contributed by atoms with Crippen LogP contribution in [0, 0.1) is 6.92 Å². The summed E-state index contributed by atoms with van der Waals surface area (Å²) in [6.07, 6.45) is 0.775. The number of halogens is 1. The molecule has 21 heavy (non-hydrogen) atoms. The molecule has 2 aromatic rings. The molecule has 0 spiro atoms. The van der Waals surface area contributed by atoms with Gasteiger partial charge in [0.2, 0.25) is 0 Å². The largest absolute Gasteiger partial charge is 0.477 e. The molecule has 0 saturated heterocycles. The van der Waals surface area contributed by atoms with Crippen molar-refractivity contribution in [3.8, 4) is 0 Å². The number of hydrogen-bond acceptors (Lipinski definition) is 3. The SMILES string of the molecule is CCc1nn(C)c(Cn2c(C)ccc(C(=O)O)c2=O)c1Br. The predicted octanol–water partition coefficient (Wildman–Crippen LogP) is 1.96. The standard InChI is InChI=1S/C14H16BrN3O3/c1-4-10-12(15)11(17(3)16-10)7-18-8(2)5-6-9(13(18)19)14(20)21/h5-6H,4,7H2,1-3H3,(H,20,21). The van der Waals surface area contributed by atoms with Gasteiger partial charge >= 0.3 is 5.97 Å². The van der Waals surface area contributed by atoms with Crippen LogP contribution in [0.3, 0.4) is 0 Å². The lowest BCUT2D eigenvalue weighted by molar-refractivity contribution is 0.0694. The molecule has 2 heterocycles. The molecule has 0 fully saturated rings. The number of carboxylic acids is 1. The molecule has 0 aliphatic heterocycles. The summed E-state index contributed by atoms with van der Waals surface area (Å²) in [6.45, 7) is 4.05. The van der Waals surface area contributed by atoms with Crippen LogP contribution in [-0.4, -0.2) is 25.4 Å². The van der Waals surface area contributed by atoms with E-state index in [9.17, 15) is 9.59 Å². The van der Waals surface area contributed by atoms with Gasteiger partial charge in [-0.05, 0) is 41.4 Å². The molecule has 0 bridgehead atoms. The topological polar surface area (TPSA) is 77.1 Å². The lowest BCUT2D eigenvalue weighted by Crippen LogP contribution is -2.28.